The third kappa shape index (κ3) is 2.81. The Kier molecular flexibility index (Phi) is 3.85. The maximum absolute atomic E-state index is 12.2. The molecule has 1 heterocycles. The van der Waals surface area contributed by atoms with Gasteiger partial charge in [-0.05, 0) is 40.8 Å². The summed E-state index contributed by atoms with van der Waals surface area (Å²) in [4.78, 5) is 13.7. The smallest absolute Gasteiger partial charge is 0.257 e. The van der Waals surface area contributed by atoms with Crippen molar-refractivity contribution >= 4 is 28.5 Å². The second-order valence-electron chi connectivity index (χ2n) is 3.93. The van der Waals surface area contributed by atoms with Crippen molar-refractivity contribution in [2.75, 3.05) is 7.05 Å². The Hall–Kier alpha value is -1.57. The van der Waals surface area contributed by atoms with Gasteiger partial charge in [0.15, 0.2) is 0 Å². The van der Waals surface area contributed by atoms with Crippen molar-refractivity contribution in [3.8, 4) is 5.75 Å². The number of hydrogen-bond acceptors (Lipinski definition) is 3. The molecule has 0 saturated heterocycles. The molecule has 0 bridgehead atoms. The molecule has 94 valence electrons. The van der Waals surface area contributed by atoms with Crippen LogP contribution in [0.25, 0.3) is 0 Å². The number of phenols is 1. The third-order valence-corrected chi connectivity index (χ3v) is 3.18. The van der Waals surface area contributed by atoms with Crippen LogP contribution < -0.4 is 0 Å². The molecular weight excluding hydrogens is 345 g/mol. The van der Waals surface area contributed by atoms with E-state index in [9.17, 15) is 9.90 Å². The molecule has 2 aromatic rings. The van der Waals surface area contributed by atoms with Crippen LogP contribution in [0, 0.1) is 3.57 Å². The Balaban J connectivity index is 2.17. The lowest BCUT2D eigenvalue weighted by Crippen LogP contribution is -2.26. The minimum absolute atomic E-state index is 0.000500. The van der Waals surface area contributed by atoms with Crippen molar-refractivity contribution in [1.82, 2.24) is 15.1 Å². The van der Waals surface area contributed by atoms with E-state index >= 15 is 0 Å². The van der Waals surface area contributed by atoms with E-state index in [1.807, 2.05) is 0 Å². The molecule has 0 aliphatic heterocycles. The van der Waals surface area contributed by atoms with Crippen LogP contribution in [0.3, 0.4) is 0 Å². The fraction of sp³-hybridized carbons (Fsp3) is 0.167. The molecule has 1 amide bonds. The Morgan fingerprint density at radius 2 is 2.33 bits per heavy atom. The molecule has 0 unspecified atom stereocenters. The highest BCUT2D eigenvalue weighted by molar-refractivity contribution is 14.1. The fourth-order valence-corrected chi connectivity index (χ4v) is 2.09. The van der Waals surface area contributed by atoms with Crippen LogP contribution >= 0.6 is 22.6 Å². The average Bonchev–Trinajstić information content (AvgIpc) is 2.84. The summed E-state index contributed by atoms with van der Waals surface area (Å²) in [7, 11) is 1.69. The van der Waals surface area contributed by atoms with E-state index in [1.54, 1.807) is 31.6 Å². The van der Waals surface area contributed by atoms with Crippen LogP contribution in [0.1, 0.15) is 15.9 Å². The SMILES string of the molecule is CN(Cc1cn[nH]c1)C(=O)c1cc(I)ccc1O. The molecule has 0 radical (unpaired) electrons. The van der Waals surface area contributed by atoms with Gasteiger partial charge in [0.1, 0.15) is 5.75 Å². The minimum atomic E-state index is -0.216. The molecule has 18 heavy (non-hydrogen) atoms. The maximum atomic E-state index is 12.2. The van der Waals surface area contributed by atoms with Gasteiger partial charge in [-0.2, -0.15) is 5.10 Å². The number of phenolic OH excluding ortho intramolecular Hbond substituents is 1. The van der Waals surface area contributed by atoms with E-state index in [0.717, 1.165) is 9.13 Å². The zero-order valence-corrected chi connectivity index (χ0v) is 11.9. The Bertz CT molecular complexity index is 554. The lowest BCUT2D eigenvalue weighted by atomic mass is 10.1. The van der Waals surface area contributed by atoms with Crippen molar-refractivity contribution in [1.29, 1.82) is 0 Å². The number of carbonyl (C=O) groups excluding carboxylic acids is 1. The van der Waals surface area contributed by atoms with Gasteiger partial charge in [0.05, 0.1) is 11.8 Å². The van der Waals surface area contributed by atoms with Crippen molar-refractivity contribution in [2.45, 2.75) is 6.54 Å². The van der Waals surface area contributed by atoms with Gasteiger partial charge in [-0.3, -0.25) is 9.89 Å². The number of benzene rings is 1. The number of H-pyrrole nitrogens is 1. The van der Waals surface area contributed by atoms with Gasteiger partial charge in [-0.25, -0.2) is 0 Å². The number of carbonyl (C=O) groups is 1. The van der Waals surface area contributed by atoms with Gasteiger partial charge in [0.2, 0.25) is 0 Å². The van der Waals surface area contributed by atoms with E-state index in [2.05, 4.69) is 32.8 Å². The van der Waals surface area contributed by atoms with Gasteiger partial charge in [0.25, 0.3) is 5.91 Å². The molecule has 1 aromatic heterocycles. The molecule has 0 fully saturated rings. The second-order valence-corrected chi connectivity index (χ2v) is 5.17. The second kappa shape index (κ2) is 5.38. The van der Waals surface area contributed by atoms with E-state index in [1.165, 1.54) is 11.0 Å². The van der Waals surface area contributed by atoms with Crippen LogP contribution in [-0.2, 0) is 6.54 Å². The van der Waals surface area contributed by atoms with Crippen molar-refractivity contribution in [3.63, 3.8) is 0 Å². The van der Waals surface area contributed by atoms with Crippen molar-refractivity contribution < 1.29 is 9.90 Å². The molecular formula is C12H12IN3O2. The van der Waals surface area contributed by atoms with E-state index < -0.39 is 0 Å². The predicted octanol–water partition coefficient (Wildman–Crippen LogP) is 1.99. The summed E-state index contributed by atoms with van der Waals surface area (Å²) >= 11 is 2.10. The van der Waals surface area contributed by atoms with E-state index in [0.29, 0.717) is 12.1 Å². The number of nitrogens with one attached hydrogen (secondary N) is 1. The van der Waals surface area contributed by atoms with Gasteiger partial charge < -0.3 is 10.0 Å². The first-order valence-electron chi connectivity index (χ1n) is 5.29. The fourth-order valence-electron chi connectivity index (χ4n) is 1.59. The highest BCUT2D eigenvalue weighted by Gasteiger charge is 2.16. The van der Waals surface area contributed by atoms with Gasteiger partial charge in [-0.1, -0.05) is 0 Å². The summed E-state index contributed by atoms with van der Waals surface area (Å²) in [5, 5.41) is 16.2. The van der Waals surface area contributed by atoms with Crippen LogP contribution in [0.2, 0.25) is 0 Å². The lowest BCUT2D eigenvalue weighted by molar-refractivity contribution is 0.0782. The average molecular weight is 357 g/mol. The summed E-state index contributed by atoms with van der Waals surface area (Å²) < 4.78 is 0.908. The van der Waals surface area contributed by atoms with Crippen LogP contribution in [-0.4, -0.2) is 33.2 Å². The van der Waals surface area contributed by atoms with Gasteiger partial charge >= 0.3 is 0 Å². The van der Waals surface area contributed by atoms with Crippen LogP contribution in [0.15, 0.2) is 30.6 Å². The van der Waals surface area contributed by atoms with Crippen LogP contribution in [0.4, 0.5) is 0 Å². The topological polar surface area (TPSA) is 69.2 Å². The minimum Gasteiger partial charge on any atom is -0.507 e. The largest absolute Gasteiger partial charge is 0.507 e. The van der Waals surface area contributed by atoms with E-state index in [4.69, 9.17) is 0 Å². The van der Waals surface area contributed by atoms with E-state index in [-0.39, 0.29) is 11.7 Å². The zero-order valence-electron chi connectivity index (χ0n) is 9.72. The molecule has 2 rings (SSSR count). The monoisotopic (exact) mass is 357 g/mol. The zero-order chi connectivity index (χ0) is 13.1. The summed E-state index contributed by atoms with van der Waals surface area (Å²) in [6.45, 7) is 0.445. The molecule has 0 atom stereocenters. The highest BCUT2D eigenvalue weighted by atomic mass is 127. The Morgan fingerprint density at radius 1 is 1.56 bits per heavy atom. The number of aromatic hydroxyl groups is 1. The first-order valence-corrected chi connectivity index (χ1v) is 6.37. The molecule has 1 aromatic carbocycles. The van der Waals surface area contributed by atoms with Crippen LogP contribution in [0.5, 0.6) is 5.75 Å². The van der Waals surface area contributed by atoms with Gasteiger partial charge in [-0.15, -0.1) is 0 Å². The highest BCUT2D eigenvalue weighted by Crippen LogP contribution is 2.21. The quantitative estimate of drug-likeness (QED) is 0.826. The molecule has 5 nitrogen and oxygen atoms in total. The maximum Gasteiger partial charge on any atom is 0.257 e. The molecule has 0 saturated carbocycles. The molecule has 0 spiro atoms. The predicted molar refractivity (Wildman–Crippen MR) is 75.2 cm³/mol. The standard InChI is InChI=1S/C12H12IN3O2/c1-16(7-8-5-14-15-6-8)12(18)10-4-9(13)2-3-11(10)17/h2-6,17H,7H2,1H3,(H,14,15). The third-order valence-electron chi connectivity index (χ3n) is 2.51. The Labute approximate surface area is 118 Å². The summed E-state index contributed by atoms with van der Waals surface area (Å²) in [6.07, 6.45) is 3.40. The van der Waals surface area contributed by atoms with Crippen molar-refractivity contribution in [3.05, 3.63) is 45.3 Å². The molecule has 2 N–H and O–H groups in total. The summed E-state index contributed by atoms with van der Waals surface area (Å²) in [5.74, 6) is -0.216. The number of aromatic nitrogens is 2. The molecule has 6 heteroatoms. The summed E-state index contributed by atoms with van der Waals surface area (Å²) in [6, 6.07) is 4.95. The first-order chi connectivity index (χ1) is 8.58. The molecule has 0 aliphatic carbocycles. The molecule has 0 aliphatic rings. The number of nitrogens with zero attached hydrogens (tertiary/aromatic N) is 2. The van der Waals surface area contributed by atoms with Gasteiger partial charge in [0, 0.05) is 28.9 Å². The lowest BCUT2D eigenvalue weighted by Gasteiger charge is -2.17. The Morgan fingerprint density at radius 3 is 3.00 bits per heavy atom. The summed E-state index contributed by atoms with van der Waals surface area (Å²) in [5.41, 5.74) is 1.23. The number of halogens is 1. The number of rotatable bonds is 3. The van der Waals surface area contributed by atoms with Crippen molar-refractivity contribution in [2.24, 2.45) is 0 Å². The normalized spacial score (nSPS) is 10.3. The first kappa shape index (κ1) is 12.9. The number of hydrogen-bond donors (Lipinski definition) is 2. The number of aromatic amines is 1. The number of amides is 1.